The molecule has 2 atom stereocenters. The van der Waals surface area contributed by atoms with E-state index in [1.54, 1.807) is 0 Å². The molecule has 1 saturated heterocycles. The van der Waals surface area contributed by atoms with Gasteiger partial charge in [0.05, 0.1) is 0 Å². The third-order valence-electron chi connectivity index (χ3n) is 5.46. The van der Waals surface area contributed by atoms with Crippen LogP contribution in [0.2, 0.25) is 0 Å². The molecule has 0 radical (unpaired) electrons. The molecule has 1 heterocycles. The zero-order chi connectivity index (χ0) is 18.9. The van der Waals surface area contributed by atoms with Crippen LogP contribution in [-0.2, 0) is 9.47 Å². The highest BCUT2D eigenvalue weighted by Crippen LogP contribution is 2.41. The summed E-state index contributed by atoms with van der Waals surface area (Å²) in [6.07, 6.45) is 4.42. The number of aliphatic imine (C=N–C) groups is 1. The van der Waals surface area contributed by atoms with E-state index in [-0.39, 0.29) is 0 Å². The molecular formula is C22H35N3O2. The van der Waals surface area contributed by atoms with E-state index in [9.17, 15) is 0 Å². The molecule has 1 aliphatic heterocycles. The summed E-state index contributed by atoms with van der Waals surface area (Å²) in [6, 6.07) is 9.19. The van der Waals surface area contributed by atoms with Gasteiger partial charge in [-0.15, -0.1) is 0 Å². The van der Waals surface area contributed by atoms with Crippen molar-refractivity contribution in [3.8, 4) is 0 Å². The summed E-state index contributed by atoms with van der Waals surface area (Å²) in [7, 11) is 0. The molecule has 3 rings (SSSR count). The number of benzene rings is 1. The first kappa shape index (κ1) is 20.2. The Labute approximate surface area is 163 Å². The number of nitrogens with zero attached hydrogens (tertiary/aromatic N) is 1. The van der Waals surface area contributed by atoms with E-state index in [1.807, 2.05) is 0 Å². The molecule has 1 aromatic carbocycles. The predicted molar refractivity (Wildman–Crippen MR) is 110 cm³/mol. The van der Waals surface area contributed by atoms with E-state index in [0.29, 0.717) is 17.9 Å². The van der Waals surface area contributed by atoms with E-state index >= 15 is 0 Å². The molecule has 2 unspecified atom stereocenters. The Balaban J connectivity index is 1.35. The van der Waals surface area contributed by atoms with Crippen molar-refractivity contribution in [1.29, 1.82) is 0 Å². The smallest absolute Gasteiger partial charge is 0.191 e. The van der Waals surface area contributed by atoms with Gasteiger partial charge in [0.15, 0.2) is 5.96 Å². The molecule has 27 heavy (non-hydrogen) atoms. The van der Waals surface area contributed by atoms with Crippen molar-refractivity contribution in [2.24, 2.45) is 10.9 Å². The van der Waals surface area contributed by atoms with Crippen LogP contribution in [0.4, 0.5) is 0 Å². The minimum Gasteiger partial charge on any atom is -0.381 e. The summed E-state index contributed by atoms with van der Waals surface area (Å²) in [6.45, 7) is 9.42. The topological polar surface area (TPSA) is 54.9 Å². The second-order valence-electron chi connectivity index (χ2n) is 7.69. The van der Waals surface area contributed by atoms with Crippen LogP contribution in [-0.4, -0.2) is 51.5 Å². The molecule has 5 heteroatoms. The van der Waals surface area contributed by atoms with Crippen molar-refractivity contribution in [2.45, 2.75) is 51.5 Å². The van der Waals surface area contributed by atoms with Gasteiger partial charge >= 0.3 is 0 Å². The lowest BCUT2D eigenvalue weighted by Gasteiger charge is -2.21. The summed E-state index contributed by atoms with van der Waals surface area (Å²) in [5, 5.41) is 6.96. The maximum atomic E-state index is 5.83. The largest absolute Gasteiger partial charge is 0.381 e. The molecule has 0 aromatic heterocycles. The maximum Gasteiger partial charge on any atom is 0.191 e. The first-order valence-electron chi connectivity index (χ1n) is 10.5. The van der Waals surface area contributed by atoms with Crippen LogP contribution in [0.5, 0.6) is 0 Å². The van der Waals surface area contributed by atoms with Crippen LogP contribution in [0.25, 0.3) is 0 Å². The van der Waals surface area contributed by atoms with E-state index in [4.69, 9.17) is 14.5 Å². The van der Waals surface area contributed by atoms with Gasteiger partial charge in [-0.05, 0) is 56.6 Å². The van der Waals surface area contributed by atoms with Gasteiger partial charge in [0.1, 0.15) is 0 Å². The number of aryl methyl sites for hydroxylation is 1. The number of guanidine groups is 1. The van der Waals surface area contributed by atoms with Crippen LogP contribution in [0.3, 0.4) is 0 Å². The average Bonchev–Trinajstić information content (AvgIpc) is 3.44. The zero-order valence-electron chi connectivity index (χ0n) is 16.9. The Bertz CT molecular complexity index is 599. The molecule has 150 valence electrons. The quantitative estimate of drug-likeness (QED) is 0.396. The zero-order valence-corrected chi connectivity index (χ0v) is 16.9. The van der Waals surface area contributed by atoms with E-state index in [1.165, 1.54) is 17.5 Å². The Hall–Kier alpha value is -1.59. The molecule has 0 bridgehead atoms. The van der Waals surface area contributed by atoms with Gasteiger partial charge in [-0.3, -0.25) is 4.99 Å². The maximum absolute atomic E-state index is 5.83. The monoisotopic (exact) mass is 373 g/mol. The SMILES string of the molecule is CCNC(=NCCCOCC1CCOCC1)NC1CC1c1ccccc1C. The lowest BCUT2D eigenvalue weighted by atomic mass is 10.0. The number of rotatable bonds is 9. The van der Waals surface area contributed by atoms with Crippen LogP contribution >= 0.6 is 0 Å². The predicted octanol–water partition coefficient (Wildman–Crippen LogP) is 3.24. The van der Waals surface area contributed by atoms with E-state index in [0.717, 1.165) is 64.7 Å². The Morgan fingerprint density at radius 1 is 1.26 bits per heavy atom. The van der Waals surface area contributed by atoms with Crippen molar-refractivity contribution in [1.82, 2.24) is 10.6 Å². The minimum atomic E-state index is 0.494. The summed E-state index contributed by atoms with van der Waals surface area (Å²) >= 11 is 0. The van der Waals surface area contributed by atoms with Gasteiger partial charge in [0, 0.05) is 51.5 Å². The minimum absolute atomic E-state index is 0.494. The second-order valence-corrected chi connectivity index (χ2v) is 7.69. The van der Waals surface area contributed by atoms with Gasteiger partial charge in [0.2, 0.25) is 0 Å². The summed E-state index contributed by atoms with van der Waals surface area (Å²) in [5.41, 5.74) is 2.85. The molecule has 0 amide bonds. The number of hydrogen-bond acceptors (Lipinski definition) is 3. The highest BCUT2D eigenvalue weighted by molar-refractivity contribution is 5.80. The molecular weight excluding hydrogens is 338 g/mol. The fourth-order valence-corrected chi connectivity index (χ4v) is 3.72. The summed E-state index contributed by atoms with van der Waals surface area (Å²) in [4.78, 5) is 4.72. The van der Waals surface area contributed by atoms with E-state index < -0.39 is 0 Å². The van der Waals surface area contributed by atoms with Crippen LogP contribution in [0, 0.1) is 12.8 Å². The summed E-state index contributed by atoms with van der Waals surface area (Å²) in [5.74, 6) is 2.22. The van der Waals surface area contributed by atoms with Crippen molar-refractivity contribution in [3.63, 3.8) is 0 Å². The van der Waals surface area contributed by atoms with Gasteiger partial charge in [-0.25, -0.2) is 0 Å². The third kappa shape index (κ3) is 6.51. The molecule has 2 fully saturated rings. The first-order chi connectivity index (χ1) is 13.3. The second kappa shape index (κ2) is 10.7. The van der Waals surface area contributed by atoms with Crippen molar-refractivity contribution < 1.29 is 9.47 Å². The van der Waals surface area contributed by atoms with Crippen LogP contribution in [0.15, 0.2) is 29.3 Å². The normalized spacial score (nSPS) is 23.3. The average molecular weight is 374 g/mol. The lowest BCUT2D eigenvalue weighted by molar-refractivity contribution is 0.0205. The third-order valence-corrected chi connectivity index (χ3v) is 5.46. The fourth-order valence-electron chi connectivity index (χ4n) is 3.72. The van der Waals surface area contributed by atoms with Crippen molar-refractivity contribution in [2.75, 3.05) is 39.5 Å². The number of hydrogen-bond donors (Lipinski definition) is 2. The number of nitrogens with one attached hydrogen (secondary N) is 2. The molecule has 2 N–H and O–H groups in total. The van der Waals surface area contributed by atoms with Crippen molar-refractivity contribution >= 4 is 5.96 Å². The Kier molecular flexibility index (Phi) is 7.96. The molecule has 1 saturated carbocycles. The molecule has 1 aromatic rings. The Morgan fingerprint density at radius 3 is 2.85 bits per heavy atom. The standard InChI is InChI=1S/C22H35N3O2/c1-3-23-22(24-11-6-12-27-16-18-9-13-26-14-10-18)25-21-15-20(21)19-8-5-4-7-17(19)2/h4-5,7-8,18,20-21H,3,6,9-16H2,1-2H3,(H2,23,24,25). The van der Waals surface area contributed by atoms with Crippen LogP contribution < -0.4 is 10.6 Å². The molecule has 0 spiro atoms. The van der Waals surface area contributed by atoms with E-state index in [2.05, 4.69) is 48.7 Å². The van der Waals surface area contributed by atoms with Gasteiger partial charge < -0.3 is 20.1 Å². The lowest BCUT2D eigenvalue weighted by Crippen LogP contribution is -2.39. The molecule has 5 nitrogen and oxygen atoms in total. The van der Waals surface area contributed by atoms with Crippen LogP contribution in [0.1, 0.15) is 49.7 Å². The first-order valence-corrected chi connectivity index (χ1v) is 10.5. The molecule has 2 aliphatic rings. The van der Waals surface area contributed by atoms with Gasteiger partial charge in [-0.2, -0.15) is 0 Å². The highest BCUT2D eigenvalue weighted by atomic mass is 16.5. The van der Waals surface area contributed by atoms with Gasteiger partial charge in [0.25, 0.3) is 0 Å². The fraction of sp³-hybridized carbons (Fsp3) is 0.682. The Morgan fingerprint density at radius 2 is 2.07 bits per heavy atom. The highest BCUT2D eigenvalue weighted by Gasteiger charge is 2.39. The summed E-state index contributed by atoms with van der Waals surface area (Å²) < 4.78 is 11.2. The van der Waals surface area contributed by atoms with Gasteiger partial charge in [-0.1, -0.05) is 24.3 Å². The number of ether oxygens (including phenoxy) is 2. The molecule has 1 aliphatic carbocycles. The van der Waals surface area contributed by atoms with Crippen molar-refractivity contribution in [3.05, 3.63) is 35.4 Å².